The zero-order valence-electron chi connectivity index (χ0n) is 18.0. The largest absolute Gasteiger partial charge is 0.497 e. The van der Waals surface area contributed by atoms with E-state index in [1.807, 2.05) is 31.2 Å². The Morgan fingerprint density at radius 1 is 1.31 bits per heavy atom. The maximum atomic E-state index is 12.9. The third-order valence-corrected chi connectivity index (χ3v) is 8.75. The highest BCUT2D eigenvalue weighted by atomic mass is 32.2. The van der Waals surface area contributed by atoms with Gasteiger partial charge in [0.1, 0.15) is 16.4 Å². The number of thioether (sulfide) groups is 1. The Hall–Kier alpha value is -2.43. The number of thiophene rings is 1. The van der Waals surface area contributed by atoms with E-state index in [1.165, 1.54) is 21.8 Å². The van der Waals surface area contributed by atoms with E-state index in [1.54, 1.807) is 30.2 Å². The van der Waals surface area contributed by atoms with Gasteiger partial charge in [0.25, 0.3) is 5.56 Å². The summed E-state index contributed by atoms with van der Waals surface area (Å²) in [4.78, 5) is 22.9. The molecule has 1 aliphatic carbocycles. The van der Waals surface area contributed by atoms with E-state index >= 15 is 0 Å². The van der Waals surface area contributed by atoms with Crippen molar-refractivity contribution in [1.29, 1.82) is 0 Å². The number of aryl methyl sites for hydroxylation is 1. The van der Waals surface area contributed by atoms with Gasteiger partial charge in [0, 0.05) is 16.6 Å². The van der Waals surface area contributed by atoms with Gasteiger partial charge in [-0.05, 0) is 49.8 Å². The molecule has 1 aliphatic rings. The number of aromatic nitrogens is 4. The molecule has 0 amide bonds. The zero-order chi connectivity index (χ0) is 22.2. The minimum absolute atomic E-state index is 0.0258. The van der Waals surface area contributed by atoms with Gasteiger partial charge in [-0.3, -0.25) is 4.79 Å². The molecule has 166 valence electrons. The molecule has 5 rings (SSSR count). The van der Waals surface area contributed by atoms with Crippen LogP contribution in [0.4, 0.5) is 10.8 Å². The van der Waals surface area contributed by atoms with Gasteiger partial charge in [0.15, 0.2) is 4.34 Å². The van der Waals surface area contributed by atoms with Crippen molar-refractivity contribution in [3.63, 3.8) is 0 Å². The van der Waals surface area contributed by atoms with Crippen molar-refractivity contribution in [3.8, 4) is 5.75 Å². The molecule has 0 saturated carbocycles. The smallest absolute Gasteiger partial charge is 0.259 e. The molecular weight excluding hydrogens is 462 g/mol. The number of rotatable bonds is 6. The first-order chi connectivity index (χ1) is 15.5. The van der Waals surface area contributed by atoms with Crippen molar-refractivity contribution in [2.75, 3.05) is 12.4 Å². The summed E-state index contributed by atoms with van der Waals surface area (Å²) in [5.74, 6) is 2.12. The van der Waals surface area contributed by atoms with Crippen LogP contribution in [0.1, 0.15) is 41.8 Å². The number of aromatic amines is 1. The van der Waals surface area contributed by atoms with Gasteiger partial charge in [0.05, 0.1) is 17.7 Å². The molecule has 2 unspecified atom stereocenters. The highest BCUT2D eigenvalue weighted by Gasteiger charge is 2.24. The Balaban J connectivity index is 1.34. The zero-order valence-corrected chi connectivity index (χ0v) is 20.4. The van der Waals surface area contributed by atoms with Gasteiger partial charge in [-0.25, -0.2) is 4.98 Å². The second-order valence-electron chi connectivity index (χ2n) is 7.97. The molecule has 0 radical (unpaired) electrons. The summed E-state index contributed by atoms with van der Waals surface area (Å²) in [6.07, 6.45) is 3.15. The molecule has 2 N–H and O–H groups in total. The number of benzene rings is 1. The lowest BCUT2D eigenvalue weighted by molar-refractivity contribution is 0.415. The Morgan fingerprint density at radius 2 is 2.19 bits per heavy atom. The summed E-state index contributed by atoms with van der Waals surface area (Å²) in [7, 11) is 1.64. The molecule has 0 spiro atoms. The number of hydrogen-bond donors (Lipinski definition) is 2. The number of methoxy groups -OCH3 is 1. The molecule has 10 heteroatoms. The Labute approximate surface area is 197 Å². The van der Waals surface area contributed by atoms with Gasteiger partial charge in [-0.2, -0.15) is 0 Å². The lowest BCUT2D eigenvalue weighted by atomic mass is 9.89. The predicted octanol–water partition coefficient (Wildman–Crippen LogP) is 5.57. The molecule has 1 aromatic carbocycles. The van der Waals surface area contributed by atoms with Crippen molar-refractivity contribution < 1.29 is 4.74 Å². The fourth-order valence-electron chi connectivity index (χ4n) is 3.90. The fraction of sp³-hybridized carbons (Fsp3) is 0.364. The predicted molar refractivity (Wildman–Crippen MR) is 132 cm³/mol. The Morgan fingerprint density at radius 3 is 3.03 bits per heavy atom. The van der Waals surface area contributed by atoms with E-state index in [9.17, 15) is 4.79 Å². The van der Waals surface area contributed by atoms with Crippen molar-refractivity contribution in [3.05, 3.63) is 50.9 Å². The molecule has 3 aromatic heterocycles. The number of nitrogens with zero attached hydrogens (tertiary/aromatic N) is 3. The van der Waals surface area contributed by atoms with Crippen LogP contribution in [0.25, 0.3) is 10.2 Å². The number of fused-ring (bicyclic) bond motifs is 3. The van der Waals surface area contributed by atoms with Crippen LogP contribution >= 0.6 is 34.4 Å². The number of ether oxygens (including phenoxy) is 1. The third-order valence-electron chi connectivity index (χ3n) is 5.57. The van der Waals surface area contributed by atoms with Crippen molar-refractivity contribution in [1.82, 2.24) is 20.2 Å². The van der Waals surface area contributed by atoms with Gasteiger partial charge in [-0.1, -0.05) is 36.1 Å². The molecule has 0 bridgehead atoms. The first-order valence-electron chi connectivity index (χ1n) is 10.5. The first-order valence-corrected chi connectivity index (χ1v) is 13.0. The van der Waals surface area contributed by atoms with E-state index in [-0.39, 0.29) is 10.8 Å². The van der Waals surface area contributed by atoms with Crippen LogP contribution in [0, 0.1) is 5.92 Å². The summed E-state index contributed by atoms with van der Waals surface area (Å²) in [6.45, 7) is 4.30. The molecular formula is C22H23N5O2S3. The van der Waals surface area contributed by atoms with E-state index in [2.05, 4.69) is 27.4 Å². The van der Waals surface area contributed by atoms with Crippen LogP contribution in [0.2, 0.25) is 0 Å². The molecule has 0 fully saturated rings. The Bertz CT molecular complexity index is 1330. The highest BCUT2D eigenvalue weighted by Crippen LogP contribution is 2.39. The van der Waals surface area contributed by atoms with Crippen LogP contribution in [0.15, 0.2) is 33.4 Å². The summed E-state index contributed by atoms with van der Waals surface area (Å²) in [5, 5.41) is 13.2. The lowest BCUT2D eigenvalue weighted by Crippen LogP contribution is -2.15. The van der Waals surface area contributed by atoms with E-state index < -0.39 is 0 Å². The third kappa shape index (κ3) is 4.26. The number of anilines is 2. The van der Waals surface area contributed by atoms with E-state index in [4.69, 9.17) is 9.72 Å². The van der Waals surface area contributed by atoms with Gasteiger partial charge in [-0.15, -0.1) is 21.5 Å². The summed E-state index contributed by atoms with van der Waals surface area (Å²) in [5.41, 5.74) is 2.07. The molecule has 7 nitrogen and oxygen atoms in total. The monoisotopic (exact) mass is 485 g/mol. The van der Waals surface area contributed by atoms with Gasteiger partial charge >= 0.3 is 0 Å². The average molecular weight is 486 g/mol. The molecule has 2 atom stereocenters. The van der Waals surface area contributed by atoms with Crippen molar-refractivity contribution in [2.24, 2.45) is 5.92 Å². The van der Waals surface area contributed by atoms with Gasteiger partial charge < -0.3 is 15.0 Å². The van der Waals surface area contributed by atoms with Crippen LogP contribution in [0.5, 0.6) is 5.75 Å². The molecule has 3 heterocycles. The highest BCUT2D eigenvalue weighted by molar-refractivity contribution is 8.01. The number of hydrogen-bond acceptors (Lipinski definition) is 9. The maximum Gasteiger partial charge on any atom is 0.259 e. The topological polar surface area (TPSA) is 92.8 Å². The summed E-state index contributed by atoms with van der Waals surface area (Å²) in [6, 6.07) is 7.66. The quantitative estimate of drug-likeness (QED) is 0.345. The minimum Gasteiger partial charge on any atom is -0.497 e. The van der Waals surface area contributed by atoms with Crippen LogP contribution in [-0.2, 0) is 12.8 Å². The van der Waals surface area contributed by atoms with Crippen molar-refractivity contribution in [2.45, 2.75) is 42.7 Å². The SMILES string of the molecule is COc1cccc(Nc2nnc(SC(C)c3nc4sc5c(c4c(=O)[nH]3)CCC(C)C5)s2)c1. The normalized spacial score (nSPS) is 16.7. The standard InChI is InChI=1S/C22H23N5O2S3/c1-11-7-8-15-16(9-11)31-20-17(15)19(28)24-18(25-20)12(2)30-22-27-26-21(32-22)23-13-5-4-6-14(10-13)29-3/h4-6,10-12H,7-9H2,1-3H3,(H,23,26)(H,24,25,28). The second-order valence-corrected chi connectivity index (χ2v) is 11.6. The van der Waals surface area contributed by atoms with Crippen LogP contribution in [0.3, 0.4) is 0 Å². The lowest BCUT2D eigenvalue weighted by Gasteiger charge is -2.17. The molecule has 4 aromatic rings. The van der Waals surface area contributed by atoms with Crippen LogP contribution < -0.4 is 15.6 Å². The summed E-state index contributed by atoms with van der Waals surface area (Å²) >= 11 is 4.68. The minimum atomic E-state index is -0.0530. The maximum absolute atomic E-state index is 12.9. The molecule has 32 heavy (non-hydrogen) atoms. The van der Waals surface area contributed by atoms with Gasteiger partial charge in [0.2, 0.25) is 5.13 Å². The van der Waals surface area contributed by atoms with E-state index in [0.717, 1.165) is 45.3 Å². The number of nitrogens with one attached hydrogen (secondary N) is 2. The average Bonchev–Trinajstić information content (AvgIpc) is 3.37. The molecule has 0 aliphatic heterocycles. The van der Waals surface area contributed by atoms with Crippen LogP contribution in [-0.4, -0.2) is 27.3 Å². The number of H-pyrrole nitrogens is 1. The fourth-order valence-corrected chi connectivity index (χ4v) is 7.26. The van der Waals surface area contributed by atoms with E-state index in [0.29, 0.717) is 16.9 Å². The summed E-state index contributed by atoms with van der Waals surface area (Å²) < 4.78 is 6.07. The first kappa shape index (κ1) is 21.4. The Kier molecular flexibility index (Phi) is 5.92. The molecule has 0 saturated heterocycles. The second kappa shape index (κ2) is 8.84. The van der Waals surface area contributed by atoms with Crippen molar-refractivity contribution >= 4 is 55.5 Å².